The third kappa shape index (κ3) is 5.24. The van der Waals surface area contributed by atoms with E-state index in [4.69, 9.17) is 10.5 Å². The largest absolute Gasteiger partial charge is 0.399 e. The van der Waals surface area contributed by atoms with Gasteiger partial charge in [0.25, 0.3) is 0 Å². The zero-order valence-electron chi connectivity index (χ0n) is 10.3. The molecule has 0 radical (unpaired) electrons. The lowest BCUT2D eigenvalue weighted by Gasteiger charge is -2.11. The summed E-state index contributed by atoms with van der Waals surface area (Å²) in [5, 5.41) is 0. The number of hydrogen-bond acceptors (Lipinski definition) is 4. The van der Waals surface area contributed by atoms with E-state index in [0.717, 1.165) is 0 Å². The second kappa shape index (κ2) is 6.40. The molecule has 0 amide bonds. The second-order valence-corrected chi connectivity index (χ2v) is 6.78. The molecule has 7 heteroatoms. The Kier molecular flexibility index (Phi) is 5.43. The van der Waals surface area contributed by atoms with E-state index in [2.05, 4.69) is 20.7 Å². The van der Waals surface area contributed by atoms with Crippen molar-refractivity contribution in [3.05, 3.63) is 22.7 Å². The van der Waals surface area contributed by atoms with Gasteiger partial charge < -0.3 is 10.5 Å². The summed E-state index contributed by atoms with van der Waals surface area (Å²) in [5.41, 5.74) is 6.53. The van der Waals surface area contributed by atoms with E-state index in [0.29, 0.717) is 15.8 Å². The number of halogens is 1. The summed E-state index contributed by atoms with van der Waals surface area (Å²) in [6.45, 7) is 3.87. The molecule has 1 aromatic carbocycles. The number of hydrogen-bond donors (Lipinski definition) is 2. The molecule has 102 valence electrons. The van der Waals surface area contributed by atoms with Crippen LogP contribution in [0.5, 0.6) is 0 Å². The number of anilines is 2. The van der Waals surface area contributed by atoms with Gasteiger partial charge in [0, 0.05) is 10.2 Å². The summed E-state index contributed by atoms with van der Waals surface area (Å²) in [4.78, 5) is 0. The number of nitrogens with one attached hydrogen (secondary N) is 1. The highest BCUT2D eigenvalue weighted by molar-refractivity contribution is 9.10. The summed E-state index contributed by atoms with van der Waals surface area (Å²) >= 11 is 3.26. The fourth-order valence-corrected chi connectivity index (χ4v) is 2.63. The molecule has 0 atom stereocenters. The molecule has 0 aliphatic heterocycles. The lowest BCUT2D eigenvalue weighted by atomic mass is 10.3. The van der Waals surface area contributed by atoms with E-state index < -0.39 is 10.0 Å². The van der Waals surface area contributed by atoms with Gasteiger partial charge >= 0.3 is 0 Å². The van der Waals surface area contributed by atoms with Crippen LogP contribution in [0.2, 0.25) is 0 Å². The molecule has 1 rings (SSSR count). The molecule has 0 bridgehead atoms. The molecular formula is C11H17BrN2O3S. The number of sulfonamides is 1. The molecule has 0 unspecified atom stereocenters. The summed E-state index contributed by atoms with van der Waals surface area (Å²) < 4.78 is 31.9. The lowest BCUT2D eigenvalue weighted by molar-refractivity contribution is 0.0913. The lowest BCUT2D eigenvalue weighted by Crippen LogP contribution is -2.21. The minimum atomic E-state index is -3.43. The van der Waals surface area contributed by atoms with Gasteiger partial charge in [0.1, 0.15) is 0 Å². The smallest absolute Gasteiger partial charge is 0.235 e. The molecule has 0 aliphatic rings. The van der Waals surface area contributed by atoms with Gasteiger partial charge in [-0.1, -0.05) is 0 Å². The fraction of sp³-hybridized carbons (Fsp3) is 0.455. The first-order chi connectivity index (χ1) is 8.30. The van der Waals surface area contributed by atoms with Crippen LogP contribution in [0.3, 0.4) is 0 Å². The Morgan fingerprint density at radius 2 is 2.11 bits per heavy atom. The second-order valence-electron chi connectivity index (χ2n) is 4.08. The molecule has 5 nitrogen and oxygen atoms in total. The molecule has 0 saturated carbocycles. The quantitative estimate of drug-likeness (QED) is 0.780. The Balaban J connectivity index is 2.67. The zero-order valence-corrected chi connectivity index (χ0v) is 12.7. The van der Waals surface area contributed by atoms with Crippen LogP contribution in [0, 0.1) is 0 Å². The Morgan fingerprint density at radius 3 is 2.72 bits per heavy atom. The van der Waals surface area contributed by atoms with Crippen molar-refractivity contribution in [3.63, 3.8) is 0 Å². The van der Waals surface area contributed by atoms with Crippen molar-refractivity contribution in [2.75, 3.05) is 22.8 Å². The average Bonchev–Trinajstić information content (AvgIpc) is 2.22. The number of nitrogens with two attached hydrogens (primary N) is 1. The molecule has 0 spiro atoms. The maximum Gasteiger partial charge on any atom is 0.235 e. The summed E-state index contributed by atoms with van der Waals surface area (Å²) in [6.07, 6.45) is 0.0132. The fourth-order valence-electron chi connectivity index (χ4n) is 1.23. The van der Waals surface area contributed by atoms with Crippen molar-refractivity contribution in [2.24, 2.45) is 0 Å². The maximum absolute atomic E-state index is 11.8. The van der Waals surface area contributed by atoms with Crippen molar-refractivity contribution in [1.82, 2.24) is 0 Å². The van der Waals surface area contributed by atoms with Crippen molar-refractivity contribution < 1.29 is 13.2 Å². The van der Waals surface area contributed by atoms with Gasteiger partial charge in [-0.25, -0.2) is 8.42 Å². The van der Waals surface area contributed by atoms with Crippen LogP contribution >= 0.6 is 15.9 Å². The van der Waals surface area contributed by atoms with Gasteiger partial charge in [-0.05, 0) is 48.0 Å². The monoisotopic (exact) mass is 336 g/mol. The summed E-state index contributed by atoms with van der Waals surface area (Å²) in [5.74, 6) is -0.0909. The van der Waals surface area contributed by atoms with E-state index in [1.54, 1.807) is 18.2 Å². The Hall–Kier alpha value is -0.790. The molecule has 0 aliphatic carbocycles. The van der Waals surface area contributed by atoms with Gasteiger partial charge in [-0.2, -0.15) is 0 Å². The van der Waals surface area contributed by atoms with Gasteiger partial charge in [-0.15, -0.1) is 0 Å². The maximum atomic E-state index is 11.8. The number of nitrogen functional groups attached to an aromatic ring is 1. The third-order valence-corrected chi connectivity index (χ3v) is 3.99. The average molecular weight is 337 g/mol. The van der Waals surface area contributed by atoms with Crippen LogP contribution in [0.15, 0.2) is 22.7 Å². The number of ether oxygens (including phenoxy) is 1. The minimum absolute atomic E-state index is 0.0132. The van der Waals surface area contributed by atoms with Crippen molar-refractivity contribution in [1.29, 1.82) is 0 Å². The van der Waals surface area contributed by atoms with Gasteiger partial charge in [0.15, 0.2) is 0 Å². The highest BCUT2D eigenvalue weighted by Crippen LogP contribution is 2.25. The van der Waals surface area contributed by atoms with Crippen LogP contribution in [0.25, 0.3) is 0 Å². The Morgan fingerprint density at radius 1 is 1.44 bits per heavy atom. The van der Waals surface area contributed by atoms with Gasteiger partial charge in [-0.3, -0.25) is 4.72 Å². The van der Waals surface area contributed by atoms with Crippen LogP contribution in [0.4, 0.5) is 11.4 Å². The first kappa shape index (κ1) is 15.3. The Bertz CT molecular complexity index is 503. The van der Waals surface area contributed by atoms with E-state index in [-0.39, 0.29) is 18.5 Å². The minimum Gasteiger partial charge on any atom is -0.399 e. The molecule has 0 saturated heterocycles. The van der Waals surface area contributed by atoms with Crippen LogP contribution in [-0.2, 0) is 14.8 Å². The van der Waals surface area contributed by atoms with E-state index in [9.17, 15) is 8.42 Å². The van der Waals surface area contributed by atoms with Crippen molar-refractivity contribution in [3.8, 4) is 0 Å². The van der Waals surface area contributed by atoms with Crippen LogP contribution in [0.1, 0.15) is 13.8 Å². The SMILES string of the molecule is CC(C)OCCS(=O)(=O)Nc1cc(N)ccc1Br. The van der Waals surface area contributed by atoms with Crippen LogP contribution < -0.4 is 10.5 Å². The molecule has 0 fully saturated rings. The Labute approximate surface area is 116 Å². The van der Waals surface area contributed by atoms with E-state index in [1.165, 1.54) is 0 Å². The third-order valence-electron chi connectivity index (χ3n) is 2.06. The van der Waals surface area contributed by atoms with Gasteiger partial charge in [0.2, 0.25) is 10.0 Å². The number of rotatable bonds is 6. The molecule has 0 heterocycles. The molecular weight excluding hydrogens is 320 g/mol. The normalized spacial score (nSPS) is 11.8. The molecule has 1 aromatic rings. The topological polar surface area (TPSA) is 81.4 Å². The molecule has 3 N–H and O–H groups in total. The molecule has 18 heavy (non-hydrogen) atoms. The molecule has 0 aromatic heterocycles. The van der Waals surface area contributed by atoms with E-state index >= 15 is 0 Å². The zero-order chi connectivity index (χ0) is 13.8. The van der Waals surface area contributed by atoms with E-state index in [1.807, 2.05) is 13.8 Å². The van der Waals surface area contributed by atoms with Crippen molar-refractivity contribution in [2.45, 2.75) is 20.0 Å². The summed E-state index contributed by atoms with van der Waals surface area (Å²) in [6, 6.07) is 4.94. The van der Waals surface area contributed by atoms with Gasteiger partial charge in [0.05, 0.1) is 24.2 Å². The highest BCUT2D eigenvalue weighted by atomic mass is 79.9. The predicted molar refractivity (Wildman–Crippen MR) is 77.1 cm³/mol. The first-order valence-corrected chi connectivity index (χ1v) is 7.92. The van der Waals surface area contributed by atoms with Crippen molar-refractivity contribution >= 4 is 37.3 Å². The number of benzene rings is 1. The predicted octanol–water partition coefficient (Wildman–Crippen LogP) is 2.20. The standard InChI is InChI=1S/C11H17BrN2O3S/c1-8(2)17-5-6-18(15,16)14-11-7-9(13)3-4-10(11)12/h3-4,7-8,14H,5-6,13H2,1-2H3. The highest BCUT2D eigenvalue weighted by Gasteiger charge is 2.13. The first-order valence-electron chi connectivity index (χ1n) is 5.47. The summed E-state index contributed by atoms with van der Waals surface area (Å²) in [7, 11) is -3.43. The van der Waals surface area contributed by atoms with Crippen LogP contribution in [-0.4, -0.2) is 26.9 Å².